The number of aldehydes is 1. The van der Waals surface area contributed by atoms with Gasteiger partial charge < -0.3 is 4.79 Å². The molecule has 1 nitrogen and oxygen atoms in total. The lowest BCUT2D eigenvalue weighted by atomic mass is 10.1. The van der Waals surface area contributed by atoms with Crippen LogP contribution in [-0.2, 0) is 11.2 Å². The van der Waals surface area contributed by atoms with Crippen LogP contribution in [0.5, 0.6) is 0 Å². The van der Waals surface area contributed by atoms with Crippen LogP contribution in [0.2, 0.25) is 5.02 Å². The van der Waals surface area contributed by atoms with Crippen molar-refractivity contribution in [1.82, 2.24) is 0 Å². The topological polar surface area (TPSA) is 17.1 Å². The minimum Gasteiger partial charge on any atom is -0.303 e. The van der Waals surface area contributed by atoms with E-state index < -0.39 is 0 Å². The summed E-state index contributed by atoms with van der Waals surface area (Å²) in [6.45, 7) is 0. The molecule has 0 aliphatic carbocycles. The molecule has 1 aromatic carbocycles. The summed E-state index contributed by atoms with van der Waals surface area (Å²) >= 11 is 9.28. The molecule has 12 heavy (non-hydrogen) atoms. The molecule has 0 aliphatic rings. The maximum absolute atomic E-state index is 10.1. The molecule has 0 spiro atoms. The average Bonchev–Trinajstić information content (AvgIpc) is 2.08. The van der Waals surface area contributed by atoms with Gasteiger partial charge in [-0.15, -0.1) is 0 Å². The molecule has 0 radical (unpaired) electrons. The van der Waals surface area contributed by atoms with Gasteiger partial charge in [0.25, 0.3) is 0 Å². The Hall–Kier alpha value is -0.340. The predicted octanol–water partition coefficient (Wildman–Crippen LogP) is 3.23. The van der Waals surface area contributed by atoms with E-state index in [1.807, 2.05) is 18.2 Å². The summed E-state index contributed by atoms with van der Waals surface area (Å²) in [5, 5.41) is 0.708. The summed E-state index contributed by atoms with van der Waals surface area (Å²) in [6.07, 6.45) is 2.13. The van der Waals surface area contributed by atoms with Crippen LogP contribution in [0.3, 0.4) is 0 Å². The number of aryl methyl sites for hydroxylation is 1. The molecule has 0 aliphatic heterocycles. The van der Waals surface area contributed by atoms with Crippen molar-refractivity contribution in [3.05, 3.63) is 33.3 Å². The second-order valence-corrected chi connectivity index (χ2v) is 3.65. The van der Waals surface area contributed by atoms with Crippen LogP contribution in [0, 0.1) is 0 Å². The maximum Gasteiger partial charge on any atom is 0.120 e. The minimum absolute atomic E-state index is 0.524. The lowest BCUT2D eigenvalue weighted by molar-refractivity contribution is -0.107. The Labute approximate surface area is 84.9 Å². The van der Waals surface area contributed by atoms with Crippen molar-refractivity contribution in [1.29, 1.82) is 0 Å². The number of hydrogen-bond acceptors (Lipinski definition) is 1. The average molecular weight is 248 g/mol. The van der Waals surface area contributed by atoms with Crippen molar-refractivity contribution in [3.63, 3.8) is 0 Å². The first-order chi connectivity index (χ1) is 5.75. The van der Waals surface area contributed by atoms with Gasteiger partial charge in [0.15, 0.2) is 0 Å². The Balaban J connectivity index is 2.84. The molecule has 0 unspecified atom stereocenters. The van der Waals surface area contributed by atoms with Gasteiger partial charge in [0.05, 0.1) is 5.02 Å². The van der Waals surface area contributed by atoms with Crippen LogP contribution in [0.4, 0.5) is 0 Å². The monoisotopic (exact) mass is 246 g/mol. The molecule has 0 fully saturated rings. The summed E-state index contributed by atoms with van der Waals surface area (Å²) in [5.74, 6) is 0. The summed E-state index contributed by atoms with van der Waals surface area (Å²) in [6, 6.07) is 5.72. The van der Waals surface area contributed by atoms with Gasteiger partial charge in [0, 0.05) is 10.9 Å². The van der Waals surface area contributed by atoms with Gasteiger partial charge in [-0.25, -0.2) is 0 Å². The molecule has 0 bridgehead atoms. The highest BCUT2D eigenvalue weighted by Gasteiger charge is 2.02. The molecule has 0 N–H and O–H groups in total. The highest BCUT2D eigenvalue weighted by molar-refractivity contribution is 9.10. The normalized spacial score (nSPS) is 9.83. The van der Waals surface area contributed by atoms with E-state index in [1.165, 1.54) is 0 Å². The third-order valence-corrected chi connectivity index (χ3v) is 2.90. The molecule has 0 amide bonds. The Kier molecular flexibility index (Phi) is 3.76. The fraction of sp³-hybridized carbons (Fsp3) is 0.222. The molecule has 0 aromatic heterocycles. The smallest absolute Gasteiger partial charge is 0.120 e. The summed E-state index contributed by atoms with van der Waals surface area (Å²) < 4.78 is 0.882. The van der Waals surface area contributed by atoms with E-state index in [4.69, 9.17) is 11.6 Å². The third-order valence-electron chi connectivity index (χ3n) is 1.56. The van der Waals surface area contributed by atoms with E-state index in [9.17, 15) is 4.79 Å². The largest absolute Gasteiger partial charge is 0.303 e. The summed E-state index contributed by atoms with van der Waals surface area (Å²) in [5.41, 5.74) is 1.01. The van der Waals surface area contributed by atoms with E-state index in [0.717, 1.165) is 16.3 Å². The van der Waals surface area contributed by atoms with Crippen LogP contribution in [0.25, 0.3) is 0 Å². The summed E-state index contributed by atoms with van der Waals surface area (Å²) in [7, 11) is 0. The van der Waals surface area contributed by atoms with Crippen LogP contribution in [0.15, 0.2) is 22.7 Å². The zero-order valence-electron chi connectivity index (χ0n) is 6.39. The summed E-state index contributed by atoms with van der Waals surface area (Å²) in [4.78, 5) is 10.1. The van der Waals surface area contributed by atoms with Gasteiger partial charge in [0.1, 0.15) is 6.29 Å². The highest BCUT2D eigenvalue weighted by atomic mass is 79.9. The number of hydrogen-bond donors (Lipinski definition) is 0. The Morgan fingerprint density at radius 1 is 1.50 bits per heavy atom. The van der Waals surface area contributed by atoms with Gasteiger partial charge in [-0.2, -0.15) is 0 Å². The van der Waals surface area contributed by atoms with Crippen LogP contribution >= 0.6 is 27.5 Å². The quantitative estimate of drug-likeness (QED) is 0.750. The van der Waals surface area contributed by atoms with Gasteiger partial charge >= 0.3 is 0 Å². The fourth-order valence-electron chi connectivity index (χ4n) is 0.956. The number of carbonyl (C=O) groups is 1. The maximum atomic E-state index is 10.1. The van der Waals surface area contributed by atoms with Crippen molar-refractivity contribution < 1.29 is 4.79 Å². The van der Waals surface area contributed by atoms with Crippen molar-refractivity contribution in [2.75, 3.05) is 0 Å². The first-order valence-electron chi connectivity index (χ1n) is 3.62. The molecule has 0 heterocycles. The van der Waals surface area contributed by atoms with Crippen molar-refractivity contribution >= 4 is 33.8 Å². The van der Waals surface area contributed by atoms with E-state index in [1.54, 1.807) is 0 Å². The van der Waals surface area contributed by atoms with Crippen LogP contribution in [0.1, 0.15) is 12.0 Å². The van der Waals surface area contributed by atoms with Crippen LogP contribution < -0.4 is 0 Å². The zero-order chi connectivity index (χ0) is 8.97. The first-order valence-corrected chi connectivity index (χ1v) is 4.79. The Morgan fingerprint density at radius 2 is 2.25 bits per heavy atom. The van der Waals surface area contributed by atoms with Crippen LogP contribution in [-0.4, -0.2) is 6.29 Å². The minimum atomic E-state index is 0.524. The second-order valence-electron chi connectivity index (χ2n) is 2.42. The molecule has 0 saturated carbocycles. The highest BCUT2D eigenvalue weighted by Crippen LogP contribution is 2.26. The number of halogens is 2. The van der Waals surface area contributed by atoms with Gasteiger partial charge in [0.2, 0.25) is 0 Å². The number of rotatable bonds is 3. The molecule has 0 atom stereocenters. The molecule has 3 heteroatoms. The zero-order valence-corrected chi connectivity index (χ0v) is 8.73. The first kappa shape index (κ1) is 9.75. The number of benzene rings is 1. The van der Waals surface area contributed by atoms with Crippen molar-refractivity contribution in [2.24, 2.45) is 0 Å². The molecule has 1 aromatic rings. The lowest BCUT2D eigenvalue weighted by Crippen LogP contribution is -1.87. The van der Waals surface area contributed by atoms with E-state index >= 15 is 0 Å². The Morgan fingerprint density at radius 3 is 2.92 bits per heavy atom. The van der Waals surface area contributed by atoms with E-state index in [-0.39, 0.29) is 0 Å². The fourth-order valence-corrected chi connectivity index (χ4v) is 1.58. The standard InChI is InChI=1S/C9H8BrClO/c10-8-5-1-3-7(9(8)11)4-2-6-12/h1,3,5-6H,2,4H2. The lowest BCUT2D eigenvalue weighted by Gasteiger charge is -2.02. The number of carbonyl (C=O) groups excluding carboxylic acids is 1. The van der Waals surface area contributed by atoms with Gasteiger partial charge in [-0.05, 0) is 34.0 Å². The molecule has 0 saturated heterocycles. The van der Waals surface area contributed by atoms with E-state index in [0.29, 0.717) is 17.9 Å². The second kappa shape index (κ2) is 4.63. The molecular formula is C9H8BrClO. The van der Waals surface area contributed by atoms with Crippen molar-refractivity contribution in [2.45, 2.75) is 12.8 Å². The Bertz CT molecular complexity index is 286. The van der Waals surface area contributed by atoms with Crippen molar-refractivity contribution in [3.8, 4) is 0 Å². The van der Waals surface area contributed by atoms with E-state index in [2.05, 4.69) is 15.9 Å². The van der Waals surface area contributed by atoms with Gasteiger partial charge in [-0.1, -0.05) is 23.7 Å². The molecule has 1 rings (SSSR count). The third kappa shape index (κ3) is 2.32. The molecule has 64 valence electrons. The predicted molar refractivity (Wildman–Crippen MR) is 53.5 cm³/mol. The van der Waals surface area contributed by atoms with Gasteiger partial charge in [-0.3, -0.25) is 0 Å². The molecular weight excluding hydrogens is 239 g/mol. The SMILES string of the molecule is O=CCCc1cccc(Br)c1Cl.